The fourth-order valence-electron chi connectivity index (χ4n) is 1.75. The van der Waals surface area contributed by atoms with E-state index in [1.165, 1.54) is 0 Å². The summed E-state index contributed by atoms with van der Waals surface area (Å²) in [5.41, 5.74) is 0. The summed E-state index contributed by atoms with van der Waals surface area (Å²) in [6, 6.07) is 0. The Hall–Kier alpha value is -0.180. The molecule has 0 amide bonds. The number of unbranched alkanes of at least 4 members (excludes halogenated alkanes) is 5. The summed E-state index contributed by atoms with van der Waals surface area (Å²) in [5, 5.41) is -1.06. The summed E-state index contributed by atoms with van der Waals surface area (Å²) < 4.78 is 55.3. The van der Waals surface area contributed by atoms with Gasteiger partial charge in [0, 0.05) is 6.54 Å². The molecule has 0 aromatic rings. The van der Waals surface area contributed by atoms with Gasteiger partial charge in [-0.1, -0.05) is 45.4 Å². The van der Waals surface area contributed by atoms with Crippen molar-refractivity contribution in [3.63, 3.8) is 0 Å². The minimum Gasteiger partial charge on any atom is -0.285 e. The first kappa shape index (κ1) is 18.8. The van der Waals surface area contributed by atoms with Crippen molar-refractivity contribution in [3.8, 4) is 0 Å². The van der Waals surface area contributed by atoms with Gasteiger partial charge in [0.15, 0.2) is 0 Å². The third-order valence-electron chi connectivity index (χ3n) is 2.87. The van der Waals surface area contributed by atoms with E-state index >= 15 is 0 Å². The molecule has 8 heteroatoms. The Balaban J connectivity index is 4.10. The van der Waals surface area contributed by atoms with E-state index in [-0.39, 0.29) is 13.0 Å². The van der Waals surface area contributed by atoms with Crippen LogP contribution in [0.15, 0.2) is 0 Å². The highest BCUT2D eigenvalue weighted by atomic mass is 32.2. The fourth-order valence-corrected chi connectivity index (χ4v) is 3.12. The van der Waals surface area contributed by atoms with Crippen molar-refractivity contribution in [2.24, 2.45) is 0 Å². The van der Waals surface area contributed by atoms with Crippen LogP contribution in [-0.2, 0) is 20.1 Å². The topological polar surface area (TPSA) is 101 Å². The monoisotopic (exact) mass is 315 g/mol. The van der Waals surface area contributed by atoms with Crippen LogP contribution in [0, 0.1) is 0 Å². The quantitative estimate of drug-likeness (QED) is 0.445. The zero-order valence-corrected chi connectivity index (χ0v) is 13.3. The second-order valence-electron chi connectivity index (χ2n) is 4.81. The highest BCUT2D eigenvalue weighted by Crippen LogP contribution is 2.12. The van der Waals surface area contributed by atoms with E-state index in [0.717, 1.165) is 38.4 Å². The van der Waals surface area contributed by atoms with Crippen LogP contribution in [0.3, 0.4) is 0 Å². The van der Waals surface area contributed by atoms with Gasteiger partial charge in [-0.25, -0.2) is 13.1 Å². The number of hydrogen-bond donors (Lipinski definition) is 2. The molecular formula is C11H25NO5S2. The van der Waals surface area contributed by atoms with Gasteiger partial charge in [0.1, 0.15) is 0 Å². The minimum absolute atomic E-state index is 0.271. The Morgan fingerprint density at radius 2 is 1.53 bits per heavy atom. The molecule has 0 bridgehead atoms. The van der Waals surface area contributed by atoms with Crippen molar-refractivity contribution in [2.45, 2.75) is 57.1 Å². The number of rotatable bonds is 11. The van der Waals surface area contributed by atoms with Gasteiger partial charge < -0.3 is 0 Å². The molecular weight excluding hydrogens is 290 g/mol. The van der Waals surface area contributed by atoms with Gasteiger partial charge in [-0.15, -0.1) is 0 Å². The third-order valence-corrected chi connectivity index (χ3v) is 4.81. The molecule has 0 aromatic carbocycles. The molecule has 0 aromatic heterocycles. The van der Waals surface area contributed by atoms with E-state index < -0.39 is 25.4 Å². The van der Waals surface area contributed by atoms with Crippen LogP contribution in [-0.4, -0.2) is 39.4 Å². The van der Waals surface area contributed by atoms with Crippen molar-refractivity contribution in [1.82, 2.24) is 4.72 Å². The molecule has 0 fully saturated rings. The van der Waals surface area contributed by atoms with Crippen LogP contribution in [0.2, 0.25) is 0 Å². The van der Waals surface area contributed by atoms with Crippen molar-refractivity contribution >= 4 is 20.1 Å². The van der Waals surface area contributed by atoms with Crippen molar-refractivity contribution in [1.29, 1.82) is 0 Å². The SMILES string of the molecule is CCCCCCCCC(CNS(C)(=O)=O)S(=O)(=O)O. The zero-order chi connectivity index (χ0) is 14.9. The largest absolute Gasteiger partial charge is 0.285 e. The maximum absolute atomic E-state index is 11.1. The van der Waals surface area contributed by atoms with Crippen LogP contribution < -0.4 is 4.72 Å². The lowest BCUT2D eigenvalue weighted by Crippen LogP contribution is -2.36. The third kappa shape index (κ3) is 11.4. The fraction of sp³-hybridized carbons (Fsp3) is 1.00. The summed E-state index contributed by atoms with van der Waals surface area (Å²) >= 11 is 0. The van der Waals surface area contributed by atoms with E-state index in [2.05, 4.69) is 11.6 Å². The van der Waals surface area contributed by atoms with Crippen molar-refractivity contribution < 1.29 is 21.4 Å². The van der Waals surface area contributed by atoms with E-state index in [1.807, 2.05) is 0 Å². The lowest BCUT2D eigenvalue weighted by Gasteiger charge is -2.13. The zero-order valence-electron chi connectivity index (χ0n) is 11.6. The molecule has 1 unspecified atom stereocenters. The molecule has 19 heavy (non-hydrogen) atoms. The van der Waals surface area contributed by atoms with Crippen molar-refractivity contribution in [2.75, 3.05) is 12.8 Å². The Labute approximate surface area is 116 Å². The minimum atomic E-state index is -4.21. The van der Waals surface area contributed by atoms with E-state index in [9.17, 15) is 16.8 Å². The molecule has 0 saturated heterocycles. The van der Waals surface area contributed by atoms with Gasteiger partial charge in [0.05, 0.1) is 11.5 Å². The molecule has 0 aliphatic heterocycles. The van der Waals surface area contributed by atoms with Gasteiger partial charge in [-0.3, -0.25) is 4.55 Å². The molecule has 0 heterocycles. The van der Waals surface area contributed by atoms with Crippen LogP contribution in [0.25, 0.3) is 0 Å². The highest BCUT2D eigenvalue weighted by molar-refractivity contribution is 7.89. The van der Waals surface area contributed by atoms with Crippen LogP contribution in [0.4, 0.5) is 0 Å². The summed E-state index contributed by atoms with van der Waals surface area (Å²) in [6.07, 6.45) is 7.25. The van der Waals surface area contributed by atoms with Gasteiger partial charge in [0.2, 0.25) is 10.0 Å². The molecule has 2 N–H and O–H groups in total. The Bertz CT molecular complexity index is 430. The second-order valence-corrected chi connectivity index (χ2v) is 8.34. The average molecular weight is 315 g/mol. The molecule has 0 aliphatic carbocycles. The normalized spacial score (nSPS) is 14.5. The number of sulfonamides is 1. The van der Waals surface area contributed by atoms with Crippen LogP contribution in [0.1, 0.15) is 51.9 Å². The first-order valence-corrected chi connectivity index (χ1v) is 9.97. The smallest absolute Gasteiger partial charge is 0.269 e. The lowest BCUT2D eigenvalue weighted by atomic mass is 10.1. The maximum atomic E-state index is 11.1. The van der Waals surface area contributed by atoms with E-state index in [1.54, 1.807) is 0 Å². The Kier molecular flexibility index (Phi) is 8.80. The Morgan fingerprint density at radius 3 is 2.00 bits per heavy atom. The molecule has 0 saturated carbocycles. The van der Waals surface area contributed by atoms with Gasteiger partial charge in [-0.05, 0) is 6.42 Å². The summed E-state index contributed by atoms with van der Waals surface area (Å²) in [4.78, 5) is 0. The van der Waals surface area contributed by atoms with Gasteiger partial charge in [0.25, 0.3) is 10.1 Å². The molecule has 0 aliphatic rings. The van der Waals surface area contributed by atoms with E-state index in [0.29, 0.717) is 6.42 Å². The molecule has 1 atom stereocenters. The predicted octanol–water partition coefficient (Wildman–Crippen LogP) is 1.54. The van der Waals surface area contributed by atoms with Crippen molar-refractivity contribution in [3.05, 3.63) is 0 Å². The standard InChI is InChI=1S/C11H25NO5S2/c1-3-4-5-6-7-8-9-11(19(15,16)17)10-12-18(2,13)14/h11-12H,3-10H2,1-2H3,(H,15,16,17). The second kappa shape index (κ2) is 8.89. The summed E-state index contributed by atoms with van der Waals surface area (Å²) in [7, 11) is -7.66. The summed E-state index contributed by atoms with van der Waals surface area (Å²) in [5.74, 6) is 0. The Morgan fingerprint density at radius 1 is 1.00 bits per heavy atom. The summed E-state index contributed by atoms with van der Waals surface area (Å²) in [6.45, 7) is 1.85. The highest BCUT2D eigenvalue weighted by Gasteiger charge is 2.23. The van der Waals surface area contributed by atoms with E-state index in [4.69, 9.17) is 4.55 Å². The average Bonchev–Trinajstić information content (AvgIpc) is 2.23. The molecule has 0 rings (SSSR count). The van der Waals surface area contributed by atoms with Gasteiger partial charge in [-0.2, -0.15) is 8.42 Å². The number of nitrogens with one attached hydrogen (secondary N) is 1. The van der Waals surface area contributed by atoms with Gasteiger partial charge >= 0.3 is 0 Å². The van der Waals surface area contributed by atoms with Crippen LogP contribution in [0.5, 0.6) is 0 Å². The van der Waals surface area contributed by atoms with Crippen LogP contribution >= 0.6 is 0 Å². The predicted molar refractivity (Wildman–Crippen MR) is 76.2 cm³/mol. The number of hydrogen-bond acceptors (Lipinski definition) is 4. The molecule has 0 radical (unpaired) electrons. The first-order chi connectivity index (χ1) is 8.67. The molecule has 116 valence electrons. The molecule has 6 nitrogen and oxygen atoms in total. The maximum Gasteiger partial charge on any atom is 0.269 e. The first-order valence-electron chi connectivity index (χ1n) is 6.57. The molecule has 0 spiro atoms. The lowest BCUT2D eigenvalue weighted by molar-refractivity contribution is 0.454.